The highest BCUT2D eigenvalue weighted by molar-refractivity contribution is 5.79. The highest BCUT2D eigenvalue weighted by Crippen LogP contribution is 2.12. The summed E-state index contributed by atoms with van der Waals surface area (Å²) in [6.07, 6.45) is 8.85. The van der Waals surface area contributed by atoms with Crippen molar-refractivity contribution in [2.75, 3.05) is 7.05 Å². The van der Waals surface area contributed by atoms with Crippen LogP contribution in [0.2, 0.25) is 0 Å². The highest BCUT2D eigenvalue weighted by Gasteiger charge is 2.20. The molecular formula is C18H21N5O. The molecule has 2 heterocycles. The molecule has 3 aromatic rings. The molecule has 0 spiro atoms. The van der Waals surface area contributed by atoms with Crippen LogP contribution in [0.25, 0.3) is 0 Å². The zero-order valence-corrected chi connectivity index (χ0v) is 13.9. The predicted octanol–water partition coefficient (Wildman–Crippen LogP) is 2.35. The van der Waals surface area contributed by atoms with Gasteiger partial charge in [0.1, 0.15) is 11.9 Å². The molecule has 0 radical (unpaired) electrons. The van der Waals surface area contributed by atoms with Crippen molar-refractivity contribution in [2.45, 2.75) is 26.1 Å². The molecule has 2 aromatic heterocycles. The Labute approximate surface area is 141 Å². The third-order valence-electron chi connectivity index (χ3n) is 4.08. The van der Waals surface area contributed by atoms with Crippen LogP contribution in [-0.4, -0.2) is 37.0 Å². The molecule has 124 valence electrons. The molecule has 0 unspecified atom stereocenters. The molecule has 1 amide bonds. The minimum atomic E-state index is -0.282. The van der Waals surface area contributed by atoms with Crippen molar-refractivity contribution >= 4 is 5.91 Å². The fourth-order valence-corrected chi connectivity index (χ4v) is 2.65. The molecule has 1 aromatic carbocycles. The van der Waals surface area contributed by atoms with E-state index in [2.05, 4.69) is 26.7 Å². The van der Waals surface area contributed by atoms with E-state index in [0.717, 1.165) is 12.4 Å². The van der Waals surface area contributed by atoms with Crippen molar-refractivity contribution < 1.29 is 4.79 Å². The largest absolute Gasteiger partial charge is 0.336 e. The van der Waals surface area contributed by atoms with Crippen molar-refractivity contribution in [3.63, 3.8) is 0 Å². The summed E-state index contributed by atoms with van der Waals surface area (Å²) in [6.45, 7) is 3.09. The Morgan fingerprint density at radius 1 is 1.21 bits per heavy atom. The van der Waals surface area contributed by atoms with Crippen LogP contribution in [0, 0.1) is 0 Å². The topological polar surface area (TPSA) is 56.0 Å². The van der Waals surface area contributed by atoms with Crippen LogP contribution in [0.1, 0.15) is 24.4 Å². The normalized spacial score (nSPS) is 12.1. The molecule has 1 atom stereocenters. The number of hydrogen-bond acceptors (Lipinski definition) is 3. The molecule has 3 rings (SSSR count). The lowest BCUT2D eigenvalue weighted by Crippen LogP contribution is -2.33. The van der Waals surface area contributed by atoms with E-state index in [1.54, 1.807) is 41.4 Å². The lowest BCUT2D eigenvalue weighted by Gasteiger charge is -2.22. The van der Waals surface area contributed by atoms with E-state index in [1.165, 1.54) is 5.56 Å². The third kappa shape index (κ3) is 3.53. The molecule has 0 fully saturated rings. The van der Waals surface area contributed by atoms with E-state index in [0.29, 0.717) is 6.54 Å². The third-order valence-corrected chi connectivity index (χ3v) is 4.08. The van der Waals surface area contributed by atoms with Gasteiger partial charge in [0, 0.05) is 38.4 Å². The Balaban J connectivity index is 1.68. The lowest BCUT2D eigenvalue weighted by molar-refractivity contribution is -0.133. The van der Waals surface area contributed by atoms with Gasteiger partial charge in [0.2, 0.25) is 5.91 Å². The first-order chi connectivity index (χ1) is 11.6. The monoisotopic (exact) mass is 323 g/mol. The van der Waals surface area contributed by atoms with Crippen LogP contribution >= 0.6 is 0 Å². The summed E-state index contributed by atoms with van der Waals surface area (Å²) < 4.78 is 3.87. The molecule has 0 bridgehead atoms. The molecule has 6 heteroatoms. The number of carbonyl (C=O) groups excluding carboxylic acids is 1. The fraction of sp³-hybridized carbons (Fsp3) is 0.278. The van der Waals surface area contributed by atoms with E-state index in [9.17, 15) is 4.79 Å². The smallest absolute Gasteiger partial charge is 0.245 e. The van der Waals surface area contributed by atoms with Gasteiger partial charge in [0.25, 0.3) is 0 Å². The molecule has 0 aliphatic heterocycles. The number of amides is 1. The van der Waals surface area contributed by atoms with Gasteiger partial charge in [0.05, 0.1) is 12.9 Å². The minimum Gasteiger partial charge on any atom is -0.336 e. The number of aromatic nitrogens is 4. The van der Waals surface area contributed by atoms with Gasteiger partial charge < -0.3 is 14.0 Å². The zero-order chi connectivity index (χ0) is 16.9. The molecule has 0 saturated carbocycles. The van der Waals surface area contributed by atoms with E-state index >= 15 is 0 Å². The molecule has 24 heavy (non-hydrogen) atoms. The molecule has 0 saturated heterocycles. The van der Waals surface area contributed by atoms with Gasteiger partial charge in [-0.25, -0.2) is 9.97 Å². The van der Waals surface area contributed by atoms with Crippen molar-refractivity contribution in [3.05, 3.63) is 72.8 Å². The van der Waals surface area contributed by atoms with Crippen molar-refractivity contribution in [2.24, 2.45) is 0 Å². The first-order valence-corrected chi connectivity index (χ1v) is 7.91. The van der Waals surface area contributed by atoms with Gasteiger partial charge in [-0.3, -0.25) is 4.79 Å². The van der Waals surface area contributed by atoms with Crippen LogP contribution in [0.3, 0.4) is 0 Å². The van der Waals surface area contributed by atoms with Crippen LogP contribution in [0.5, 0.6) is 0 Å². The second-order valence-electron chi connectivity index (χ2n) is 5.84. The van der Waals surface area contributed by atoms with E-state index in [4.69, 9.17) is 0 Å². The quantitative estimate of drug-likeness (QED) is 0.700. The Hall–Kier alpha value is -2.89. The molecule has 0 aliphatic rings. The Bertz CT molecular complexity index is 779. The van der Waals surface area contributed by atoms with Gasteiger partial charge in [0.15, 0.2) is 0 Å². The van der Waals surface area contributed by atoms with Gasteiger partial charge in [-0.1, -0.05) is 30.3 Å². The van der Waals surface area contributed by atoms with Gasteiger partial charge in [-0.15, -0.1) is 0 Å². The summed E-state index contributed by atoms with van der Waals surface area (Å²) in [5.74, 6) is 0.898. The number of nitrogens with zero attached hydrogens (tertiary/aromatic N) is 5. The van der Waals surface area contributed by atoms with Gasteiger partial charge in [-0.2, -0.15) is 0 Å². The number of benzene rings is 1. The van der Waals surface area contributed by atoms with Crippen LogP contribution < -0.4 is 0 Å². The average molecular weight is 323 g/mol. The number of likely N-dealkylation sites (N-methyl/N-ethyl adjacent to an activating group) is 1. The van der Waals surface area contributed by atoms with Crippen LogP contribution in [-0.2, 0) is 17.9 Å². The standard InChI is InChI=1S/C18H21N5O/c1-15(23-10-8-19-14-23)18(24)21(2)13-17-20-9-11-22(17)12-16-6-4-3-5-7-16/h3-11,14-15H,12-13H2,1-2H3/t15-/m1/s1. The van der Waals surface area contributed by atoms with Gasteiger partial charge >= 0.3 is 0 Å². The summed E-state index contributed by atoms with van der Waals surface area (Å²) in [4.78, 5) is 22.7. The summed E-state index contributed by atoms with van der Waals surface area (Å²) in [5.41, 5.74) is 1.21. The van der Waals surface area contributed by atoms with Crippen molar-refractivity contribution in [3.8, 4) is 0 Å². The molecule has 0 aliphatic carbocycles. The summed E-state index contributed by atoms with van der Waals surface area (Å²) in [5, 5.41) is 0. The maximum absolute atomic E-state index is 12.6. The predicted molar refractivity (Wildman–Crippen MR) is 91.2 cm³/mol. The molecule has 6 nitrogen and oxygen atoms in total. The number of rotatable bonds is 6. The SMILES string of the molecule is C[C@H](C(=O)N(C)Cc1nccn1Cc1ccccc1)n1ccnc1. The fourth-order valence-electron chi connectivity index (χ4n) is 2.65. The van der Waals surface area contributed by atoms with Crippen molar-refractivity contribution in [1.29, 1.82) is 0 Å². The molecular weight excluding hydrogens is 302 g/mol. The Morgan fingerprint density at radius 2 is 2.00 bits per heavy atom. The molecule has 0 N–H and O–H groups in total. The Morgan fingerprint density at radius 3 is 2.71 bits per heavy atom. The maximum atomic E-state index is 12.6. The number of imidazole rings is 2. The summed E-state index contributed by atoms with van der Waals surface area (Å²) >= 11 is 0. The first-order valence-electron chi connectivity index (χ1n) is 7.91. The van der Waals surface area contributed by atoms with E-state index < -0.39 is 0 Å². The first kappa shape index (κ1) is 16.0. The second-order valence-corrected chi connectivity index (χ2v) is 5.84. The Kier molecular flexibility index (Phi) is 4.74. The zero-order valence-electron chi connectivity index (χ0n) is 13.9. The van der Waals surface area contributed by atoms with E-state index in [1.807, 2.05) is 31.3 Å². The van der Waals surface area contributed by atoms with E-state index in [-0.39, 0.29) is 11.9 Å². The summed E-state index contributed by atoms with van der Waals surface area (Å²) in [6, 6.07) is 9.93. The summed E-state index contributed by atoms with van der Waals surface area (Å²) in [7, 11) is 1.80. The lowest BCUT2D eigenvalue weighted by atomic mass is 10.2. The highest BCUT2D eigenvalue weighted by atomic mass is 16.2. The number of carbonyl (C=O) groups is 1. The van der Waals surface area contributed by atoms with Crippen LogP contribution in [0.15, 0.2) is 61.4 Å². The minimum absolute atomic E-state index is 0.0299. The van der Waals surface area contributed by atoms with Gasteiger partial charge in [-0.05, 0) is 12.5 Å². The second kappa shape index (κ2) is 7.12. The van der Waals surface area contributed by atoms with Crippen molar-refractivity contribution in [1.82, 2.24) is 24.0 Å². The maximum Gasteiger partial charge on any atom is 0.245 e. The number of hydrogen-bond donors (Lipinski definition) is 0. The average Bonchev–Trinajstić information content (AvgIpc) is 3.27. The van der Waals surface area contributed by atoms with Crippen LogP contribution in [0.4, 0.5) is 0 Å².